The van der Waals surface area contributed by atoms with E-state index in [-0.39, 0.29) is 5.56 Å². The van der Waals surface area contributed by atoms with E-state index in [1.54, 1.807) is 36.7 Å². The van der Waals surface area contributed by atoms with Crippen LogP contribution in [0.3, 0.4) is 0 Å². The number of hydrogen-bond donors (Lipinski definition) is 2. The van der Waals surface area contributed by atoms with E-state index >= 15 is 0 Å². The number of piperazine rings is 1. The van der Waals surface area contributed by atoms with Crippen molar-refractivity contribution in [1.29, 1.82) is 0 Å². The highest BCUT2D eigenvalue weighted by Gasteiger charge is 2.32. The van der Waals surface area contributed by atoms with E-state index in [1.165, 1.54) is 17.7 Å². The molecule has 1 saturated carbocycles. The summed E-state index contributed by atoms with van der Waals surface area (Å²) >= 11 is 0. The lowest BCUT2D eigenvalue weighted by Crippen LogP contribution is -2.47. The minimum atomic E-state index is -3.01. The van der Waals surface area contributed by atoms with Crippen LogP contribution in [0.15, 0.2) is 71.0 Å². The van der Waals surface area contributed by atoms with Crippen LogP contribution in [0.5, 0.6) is 0 Å². The normalized spacial score (nSPS) is 16.5. The van der Waals surface area contributed by atoms with Gasteiger partial charge in [-0.25, -0.2) is 4.98 Å². The van der Waals surface area contributed by atoms with Crippen molar-refractivity contribution in [2.75, 3.05) is 38.0 Å². The van der Waals surface area contributed by atoms with Crippen LogP contribution < -0.4 is 10.6 Å². The lowest BCUT2D eigenvalue weighted by molar-refractivity contribution is 0.0105. The lowest BCUT2D eigenvalue weighted by Gasteiger charge is -2.32. The molecule has 0 amide bonds. The Morgan fingerprint density at radius 2 is 1.92 bits per heavy atom. The number of hydrogen-bond acceptors (Lipinski definition) is 6. The lowest BCUT2D eigenvalue weighted by atomic mass is 10.0. The van der Waals surface area contributed by atoms with E-state index in [0.717, 1.165) is 61.7 Å². The molecule has 1 aliphatic carbocycles. The number of alkyl halides is 2. The number of benzene rings is 1. The van der Waals surface area contributed by atoms with Gasteiger partial charge < -0.3 is 15.5 Å². The van der Waals surface area contributed by atoms with E-state index < -0.39 is 12.5 Å². The molecule has 0 atom stereocenters. The molecule has 2 aromatic heterocycles. The predicted octanol–water partition coefficient (Wildman–Crippen LogP) is 4.74. The molecule has 9 heteroatoms. The number of aliphatic imine (C=N–C) groups is 2. The number of rotatable bonds is 9. The highest BCUT2D eigenvalue weighted by atomic mass is 19.3. The summed E-state index contributed by atoms with van der Waals surface area (Å²) in [5.41, 5.74) is 3.76. The van der Waals surface area contributed by atoms with Gasteiger partial charge in [-0.05, 0) is 48.7 Å². The first-order chi connectivity index (χ1) is 18.0. The van der Waals surface area contributed by atoms with Crippen molar-refractivity contribution in [1.82, 2.24) is 20.2 Å². The Hall–Kier alpha value is -3.72. The first kappa shape index (κ1) is 25.0. The fourth-order valence-corrected chi connectivity index (χ4v) is 4.57. The summed E-state index contributed by atoms with van der Waals surface area (Å²) in [5, 5.41) is 6.19. The predicted molar refractivity (Wildman–Crippen MR) is 143 cm³/mol. The molecule has 0 bridgehead atoms. The number of amidine groups is 1. The fourth-order valence-electron chi connectivity index (χ4n) is 4.57. The van der Waals surface area contributed by atoms with E-state index in [2.05, 4.69) is 37.2 Å². The third-order valence-corrected chi connectivity index (χ3v) is 6.71. The quantitative estimate of drug-likeness (QED) is 0.326. The second kappa shape index (κ2) is 11.1. The summed E-state index contributed by atoms with van der Waals surface area (Å²) in [4.78, 5) is 20.3. The summed E-state index contributed by atoms with van der Waals surface area (Å²) in [6, 6.07) is 11.4. The number of aromatic nitrogens is 2. The maximum absolute atomic E-state index is 14.6. The number of anilines is 1. The van der Waals surface area contributed by atoms with Gasteiger partial charge in [0.25, 0.3) is 5.92 Å². The van der Waals surface area contributed by atoms with Gasteiger partial charge >= 0.3 is 0 Å². The Morgan fingerprint density at radius 1 is 1.14 bits per heavy atom. The summed E-state index contributed by atoms with van der Waals surface area (Å²) in [6.45, 7) is 7.03. The van der Waals surface area contributed by atoms with Gasteiger partial charge in [0.05, 0.1) is 25.0 Å². The molecule has 0 unspecified atom stereocenters. The Kier molecular flexibility index (Phi) is 7.50. The summed E-state index contributed by atoms with van der Waals surface area (Å²) in [5.74, 6) is -1.26. The first-order valence-electron chi connectivity index (χ1n) is 12.6. The molecule has 37 heavy (non-hydrogen) atoms. The second-order valence-electron chi connectivity index (χ2n) is 9.41. The van der Waals surface area contributed by atoms with Crippen LogP contribution in [0, 0.1) is 0 Å². The zero-order chi connectivity index (χ0) is 25.7. The average Bonchev–Trinajstić information content (AvgIpc) is 3.79. The van der Waals surface area contributed by atoms with Gasteiger partial charge in [-0.3, -0.25) is 15.0 Å². The standard InChI is InChI=1S/C28H31F2N7/c1-31-24-18-33-17-23(21-7-8-21)26(24)27(37-13-11-32-12-14-37)35-16-20-9-10-34-25(15-20)36-19-28(29,30)22-5-3-2-4-6-22/h2-6,9-10,15,17-18,21,32H,1,7-8,11-14,16,19H2,(H,34,36)/b35-27+. The highest BCUT2D eigenvalue weighted by Crippen LogP contribution is 2.43. The molecule has 0 spiro atoms. The Balaban J connectivity index is 1.39. The zero-order valence-corrected chi connectivity index (χ0v) is 20.7. The van der Waals surface area contributed by atoms with E-state index in [4.69, 9.17) is 4.99 Å². The molecular formula is C28H31F2N7. The Bertz CT molecular complexity index is 1250. The molecule has 2 fully saturated rings. The number of pyridine rings is 2. The molecule has 1 aliphatic heterocycles. The van der Waals surface area contributed by atoms with Gasteiger partial charge in [-0.2, -0.15) is 8.78 Å². The molecule has 0 radical (unpaired) electrons. The molecule has 3 heterocycles. The van der Waals surface area contributed by atoms with Crippen LogP contribution in [-0.2, 0) is 12.5 Å². The Morgan fingerprint density at radius 3 is 2.65 bits per heavy atom. The molecule has 2 aliphatic rings. The molecule has 1 aromatic carbocycles. The molecule has 192 valence electrons. The van der Waals surface area contributed by atoms with Crippen molar-refractivity contribution in [3.05, 3.63) is 83.3 Å². The second-order valence-corrected chi connectivity index (χ2v) is 9.41. The van der Waals surface area contributed by atoms with Crippen molar-refractivity contribution in [3.63, 3.8) is 0 Å². The fraction of sp³-hybridized carbons (Fsp3) is 0.357. The largest absolute Gasteiger partial charge is 0.364 e. The molecule has 3 aromatic rings. The van der Waals surface area contributed by atoms with Crippen LogP contribution in [0.1, 0.15) is 41.0 Å². The number of nitrogens with zero attached hydrogens (tertiary/aromatic N) is 5. The maximum atomic E-state index is 14.6. The van der Waals surface area contributed by atoms with E-state index in [9.17, 15) is 8.78 Å². The van der Waals surface area contributed by atoms with Gasteiger partial charge in [-0.15, -0.1) is 0 Å². The van der Waals surface area contributed by atoms with Crippen LogP contribution >= 0.6 is 0 Å². The highest BCUT2D eigenvalue weighted by molar-refractivity contribution is 6.04. The monoisotopic (exact) mass is 503 g/mol. The third kappa shape index (κ3) is 5.99. The smallest absolute Gasteiger partial charge is 0.290 e. The van der Waals surface area contributed by atoms with Crippen LogP contribution in [-0.4, -0.2) is 60.1 Å². The van der Waals surface area contributed by atoms with Crippen molar-refractivity contribution in [2.24, 2.45) is 9.98 Å². The van der Waals surface area contributed by atoms with Crippen molar-refractivity contribution in [3.8, 4) is 0 Å². The van der Waals surface area contributed by atoms with Crippen molar-refractivity contribution >= 4 is 24.1 Å². The van der Waals surface area contributed by atoms with Crippen LogP contribution in [0.25, 0.3) is 0 Å². The SMILES string of the molecule is C=Nc1cncc(C2CC2)c1/C(=N\Cc1ccnc(NCC(F)(F)c2ccccc2)c1)N1CCNCC1. The van der Waals surface area contributed by atoms with Crippen molar-refractivity contribution in [2.45, 2.75) is 31.2 Å². The van der Waals surface area contributed by atoms with Crippen molar-refractivity contribution < 1.29 is 8.78 Å². The topological polar surface area (TPSA) is 77.8 Å². The molecule has 2 N–H and O–H groups in total. The van der Waals surface area contributed by atoms with Gasteiger partial charge in [0.15, 0.2) is 0 Å². The molecule has 7 nitrogen and oxygen atoms in total. The van der Waals surface area contributed by atoms with Gasteiger partial charge in [0.1, 0.15) is 11.7 Å². The minimum Gasteiger partial charge on any atom is -0.364 e. The van der Waals surface area contributed by atoms with Gasteiger partial charge in [0, 0.05) is 49.7 Å². The van der Waals surface area contributed by atoms with E-state index in [1.807, 2.05) is 12.3 Å². The van der Waals surface area contributed by atoms with E-state index in [0.29, 0.717) is 18.3 Å². The minimum absolute atomic E-state index is 0.0284. The third-order valence-electron chi connectivity index (χ3n) is 6.71. The van der Waals surface area contributed by atoms with Crippen LogP contribution in [0.4, 0.5) is 20.3 Å². The average molecular weight is 504 g/mol. The summed E-state index contributed by atoms with van der Waals surface area (Å²) in [6.07, 6.45) is 7.57. The summed E-state index contributed by atoms with van der Waals surface area (Å²) < 4.78 is 29.3. The number of halogens is 2. The zero-order valence-electron chi connectivity index (χ0n) is 20.7. The number of nitrogens with one attached hydrogen (secondary N) is 2. The van der Waals surface area contributed by atoms with Crippen LogP contribution in [0.2, 0.25) is 0 Å². The van der Waals surface area contributed by atoms with Gasteiger partial charge in [-0.1, -0.05) is 30.3 Å². The molecular weight excluding hydrogens is 472 g/mol. The Labute approximate surface area is 215 Å². The molecule has 5 rings (SSSR count). The van der Waals surface area contributed by atoms with Gasteiger partial charge in [0.2, 0.25) is 0 Å². The summed E-state index contributed by atoms with van der Waals surface area (Å²) in [7, 11) is 0. The maximum Gasteiger partial charge on any atom is 0.290 e. The first-order valence-corrected chi connectivity index (χ1v) is 12.6. The molecule has 1 saturated heterocycles.